The van der Waals surface area contributed by atoms with Gasteiger partial charge in [-0.3, -0.25) is 0 Å². The number of hydrogen-bond acceptors (Lipinski definition) is 10. The number of halogens is 10. The summed E-state index contributed by atoms with van der Waals surface area (Å²) in [6, 6.07) is 10.4. The van der Waals surface area contributed by atoms with Gasteiger partial charge in [-0.2, -0.15) is 21.0 Å². The molecule has 2 aliphatic rings. The van der Waals surface area contributed by atoms with E-state index < -0.39 is 131 Å². The second-order valence-electron chi connectivity index (χ2n) is 11.8. The maximum Gasteiger partial charge on any atom is 0.212 e. The van der Waals surface area contributed by atoms with Crippen molar-refractivity contribution in [3.05, 3.63) is 128 Å². The minimum Gasteiger partial charge on any atom is -0.218 e. The molecule has 0 radical (unpaired) electrons. The standard InChI is InChI=1S/C36H6F10N6O4S2/c37-23-25(39)29(43)35(30(44)26(23)40)57(53,54)13-1-3-15-17(5-13)19(11(7-47)8-48)21-22-20(12(9-49)10-50)18-6-14(2-4-16(18)34(22)52-51-33(15)21)58(55,56)36-31(45)27(41)24(38)28(42)32(36)46/h1-6H. The van der Waals surface area contributed by atoms with Gasteiger partial charge in [-0.15, -0.1) is 10.2 Å². The maximum absolute atomic E-state index is 14.7. The first kappa shape index (κ1) is 38.9. The van der Waals surface area contributed by atoms with Gasteiger partial charge in [0.2, 0.25) is 31.3 Å². The zero-order chi connectivity index (χ0) is 42.5. The number of sulfone groups is 2. The Balaban J connectivity index is 1.50. The summed E-state index contributed by atoms with van der Waals surface area (Å²) < 4.78 is 197. The summed E-state index contributed by atoms with van der Waals surface area (Å²) in [7, 11) is -11.3. The first-order valence-corrected chi connectivity index (χ1v) is 18.1. The van der Waals surface area contributed by atoms with Gasteiger partial charge in [0.1, 0.15) is 56.6 Å². The third kappa shape index (κ3) is 5.05. The molecule has 0 unspecified atom stereocenters. The number of allylic oxidation sites excluding steroid dienone is 2. The van der Waals surface area contributed by atoms with Gasteiger partial charge in [0, 0.05) is 33.4 Å². The van der Waals surface area contributed by atoms with E-state index in [4.69, 9.17) is 0 Å². The van der Waals surface area contributed by atoms with Crippen LogP contribution in [0.2, 0.25) is 0 Å². The molecule has 58 heavy (non-hydrogen) atoms. The molecule has 0 saturated heterocycles. The molecular formula is C36H6F10N6O4S2. The van der Waals surface area contributed by atoms with E-state index in [0.717, 1.165) is 12.1 Å². The van der Waals surface area contributed by atoms with Gasteiger partial charge in [-0.1, -0.05) is 12.1 Å². The van der Waals surface area contributed by atoms with Crippen molar-refractivity contribution in [3.8, 4) is 46.8 Å². The number of benzene rings is 4. The molecule has 7 rings (SSSR count). The average Bonchev–Trinajstić information content (AvgIpc) is 3.71. The molecule has 0 aliphatic heterocycles. The molecule has 4 aromatic carbocycles. The molecule has 0 atom stereocenters. The SMILES string of the molecule is N#CC(C#N)=C1c2cc(S(=O)(=O)c3c(F)c(F)c(F)c(F)c3F)ccc2-c2nnc3c(c21)C(=C(C#N)C#N)c1cc(S(=O)(=O)c2c(F)c(F)c(F)c(F)c2F)ccc1-3. The monoisotopic (exact) mass is 840 g/mol. The van der Waals surface area contributed by atoms with E-state index in [-0.39, 0.29) is 33.6 Å². The van der Waals surface area contributed by atoms with Crippen molar-refractivity contribution in [2.75, 3.05) is 0 Å². The molecule has 0 fully saturated rings. The van der Waals surface area contributed by atoms with Crippen LogP contribution < -0.4 is 0 Å². The highest BCUT2D eigenvalue weighted by molar-refractivity contribution is 7.91. The highest BCUT2D eigenvalue weighted by Crippen LogP contribution is 2.55. The summed E-state index contributed by atoms with van der Waals surface area (Å²) in [5.74, 6) is -26.6. The Bertz CT molecular complexity index is 3010. The number of rotatable bonds is 4. The van der Waals surface area contributed by atoms with Crippen molar-refractivity contribution < 1.29 is 60.7 Å². The highest BCUT2D eigenvalue weighted by atomic mass is 32.2. The van der Waals surface area contributed by atoms with Crippen molar-refractivity contribution >= 4 is 30.8 Å². The predicted octanol–water partition coefficient (Wildman–Crippen LogP) is 7.19. The molecule has 0 saturated carbocycles. The van der Waals surface area contributed by atoms with Crippen LogP contribution in [0, 0.1) is 103 Å². The van der Waals surface area contributed by atoms with Crippen molar-refractivity contribution in [2.45, 2.75) is 19.6 Å². The van der Waals surface area contributed by atoms with E-state index in [1.165, 1.54) is 24.3 Å². The number of fused-ring (bicyclic) bond motifs is 7. The van der Waals surface area contributed by atoms with E-state index in [1.807, 2.05) is 0 Å². The van der Waals surface area contributed by atoms with Crippen LogP contribution in [0.25, 0.3) is 33.7 Å². The quantitative estimate of drug-likeness (QED) is 0.0577. The second-order valence-corrected chi connectivity index (χ2v) is 15.6. The molecule has 2 aliphatic carbocycles. The normalized spacial score (nSPS) is 12.4. The van der Waals surface area contributed by atoms with Crippen molar-refractivity contribution in [3.63, 3.8) is 0 Å². The van der Waals surface area contributed by atoms with Gasteiger partial charge in [-0.25, -0.2) is 60.7 Å². The number of aromatic nitrogens is 2. The van der Waals surface area contributed by atoms with Crippen LogP contribution in [0.3, 0.4) is 0 Å². The lowest BCUT2D eigenvalue weighted by Crippen LogP contribution is -2.13. The van der Waals surface area contributed by atoms with Gasteiger partial charge in [0.25, 0.3) is 0 Å². The van der Waals surface area contributed by atoms with E-state index >= 15 is 0 Å². The molecule has 10 nitrogen and oxygen atoms in total. The molecule has 0 bridgehead atoms. The summed E-state index contributed by atoms with van der Waals surface area (Å²) in [6.07, 6.45) is 0. The van der Waals surface area contributed by atoms with Gasteiger partial charge in [0.15, 0.2) is 46.5 Å². The maximum atomic E-state index is 14.7. The summed E-state index contributed by atoms with van der Waals surface area (Å²) >= 11 is 0. The molecule has 1 heterocycles. The third-order valence-corrected chi connectivity index (χ3v) is 12.5. The van der Waals surface area contributed by atoms with Crippen molar-refractivity contribution in [1.82, 2.24) is 10.2 Å². The van der Waals surface area contributed by atoms with Crippen LogP contribution in [0.4, 0.5) is 43.9 Å². The lowest BCUT2D eigenvalue weighted by Gasteiger charge is -2.12. The van der Waals surface area contributed by atoms with Gasteiger partial charge in [0.05, 0.1) is 9.79 Å². The number of hydrogen-bond donors (Lipinski definition) is 0. The Kier molecular flexibility index (Phi) is 8.77. The Labute approximate surface area is 316 Å². The highest BCUT2D eigenvalue weighted by Gasteiger charge is 2.42. The zero-order valence-electron chi connectivity index (χ0n) is 27.4. The largest absolute Gasteiger partial charge is 0.218 e. The number of nitrogens with zero attached hydrogens (tertiary/aromatic N) is 6. The summed E-state index contributed by atoms with van der Waals surface area (Å²) in [4.78, 5) is -6.79. The van der Waals surface area contributed by atoms with Gasteiger partial charge >= 0.3 is 0 Å². The van der Waals surface area contributed by atoms with Gasteiger partial charge < -0.3 is 0 Å². The van der Waals surface area contributed by atoms with Crippen LogP contribution in [0.1, 0.15) is 22.3 Å². The fourth-order valence-electron chi connectivity index (χ4n) is 6.45. The Hall–Kier alpha value is -7.40. The zero-order valence-corrected chi connectivity index (χ0v) is 29.0. The summed E-state index contributed by atoms with van der Waals surface area (Å²) in [5.41, 5.74) is -5.53. The Morgan fingerprint density at radius 2 is 0.707 bits per heavy atom. The van der Waals surface area contributed by atoms with E-state index in [2.05, 4.69) is 10.2 Å². The Morgan fingerprint density at radius 1 is 0.431 bits per heavy atom. The lowest BCUT2D eigenvalue weighted by atomic mass is 9.91. The number of nitriles is 4. The lowest BCUT2D eigenvalue weighted by molar-refractivity contribution is 0.357. The van der Waals surface area contributed by atoms with Crippen LogP contribution in [-0.4, -0.2) is 27.0 Å². The summed E-state index contributed by atoms with van der Waals surface area (Å²) in [6.45, 7) is 0. The van der Waals surface area contributed by atoms with Crippen LogP contribution in [0.5, 0.6) is 0 Å². The van der Waals surface area contributed by atoms with Crippen molar-refractivity contribution in [1.29, 1.82) is 21.0 Å². The fraction of sp³-hybridized carbons (Fsp3) is 0. The van der Waals surface area contributed by atoms with Crippen LogP contribution >= 0.6 is 0 Å². The molecule has 22 heteroatoms. The minimum atomic E-state index is -5.67. The van der Waals surface area contributed by atoms with Gasteiger partial charge in [-0.05, 0) is 35.4 Å². The average molecular weight is 841 g/mol. The van der Waals surface area contributed by atoms with Crippen LogP contribution in [0.15, 0.2) is 67.1 Å². The fourth-order valence-corrected chi connectivity index (χ4v) is 9.26. The minimum absolute atomic E-state index is 0.194. The predicted molar refractivity (Wildman–Crippen MR) is 171 cm³/mol. The first-order valence-electron chi connectivity index (χ1n) is 15.1. The van der Waals surface area contributed by atoms with Crippen molar-refractivity contribution in [2.24, 2.45) is 0 Å². The van der Waals surface area contributed by atoms with E-state index in [9.17, 15) is 81.8 Å². The molecule has 5 aromatic rings. The smallest absolute Gasteiger partial charge is 0.212 e. The second kappa shape index (κ2) is 13.1. The molecule has 286 valence electrons. The topological polar surface area (TPSA) is 189 Å². The molecule has 0 spiro atoms. The summed E-state index contributed by atoms with van der Waals surface area (Å²) in [5, 5.41) is 48.1. The van der Waals surface area contributed by atoms with Crippen LogP contribution in [-0.2, 0) is 19.7 Å². The van der Waals surface area contributed by atoms with E-state index in [0.29, 0.717) is 24.3 Å². The Morgan fingerprint density at radius 3 is 0.983 bits per heavy atom. The molecule has 1 aromatic heterocycles. The first-order chi connectivity index (χ1) is 27.3. The third-order valence-electron chi connectivity index (χ3n) is 8.95. The van der Waals surface area contributed by atoms with E-state index in [1.54, 1.807) is 0 Å². The molecule has 0 N–H and O–H groups in total. The molecule has 0 amide bonds. The molecular weight excluding hydrogens is 835 g/mol.